The number of aryl methyl sites for hydroxylation is 1. The SMILES string of the molecule is Cn1nnc2cc(COc3cccc4c3[C@@H](CN3C(=O)c5ccccc5C3=O)N(C(=O)[C@@H]3CCCC[C@@H]3C(=O)O)CC4)ccc21. The molecule has 45 heavy (non-hydrogen) atoms. The van der Waals surface area contributed by atoms with E-state index in [2.05, 4.69) is 10.3 Å². The standard InChI is InChI=1S/C34H33N5O6/c1-37-27-14-13-20(17-26(27)35-36-37)19-45-29-12-6-7-21-15-16-38(31(40)24-10-4-5-11-25(24)34(43)44)28(30(21)29)18-39-32(41)22-8-2-3-9-23(22)33(39)42/h2-3,6-9,12-14,17,24-25,28H,4-5,10-11,15-16,18-19H2,1H3,(H,43,44)/t24-,25+,28-/m1/s1. The lowest BCUT2D eigenvalue weighted by molar-refractivity contribution is -0.153. The number of amides is 3. The summed E-state index contributed by atoms with van der Waals surface area (Å²) in [6.07, 6.45) is 3.01. The molecule has 4 aromatic rings. The Kier molecular flexibility index (Phi) is 7.31. The summed E-state index contributed by atoms with van der Waals surface area (Å²) in [5.74, 6) is -2.93. The van der Waals surface area contributed by atoms with Gasteiger partial charge in [0.05, 0.1) is 41.1 Å². The fourth-order valence-corrected chi connectivity index (χ4v) is 7.17. The zero-order valence-electron chi connectivity index (χ0n) is 24.9. The summed E-state index contributed by atoms with van der Waals surface area (Å²) < 4.78 is 8.11. The molecule has 0 radical (unpaired) electrons. The number of carboxylic acids is 1. The summed E-state index contributed by atoms with van der Waals surface area (Å²) in [5, 5.41) is 18.2. The van der Waals surface area contributed by atoms with Crippen LogP contribution in [-0.2, 0) is 29.7 Å². The number of hydrogen-bond donors (Lipinski definition) is 1. The van der Waals surface area contributed by atoms with Crippen molar-refractivity contribution in [2.45, 2.75) is 44.8 Å². The number of fused-ring (bicyclic) bond motifs is 3. The molecule has 230 valence electrons. The Morgan fingerprint density at radius 1 is 0.956 bits per heavy atom. The highest BCUT2D eigenvalue weighted by atomic mass is 16.5. The van der Waals surface area contributed by atoms with Crippen LogP contribution in [-0.4, -0.2) is 66.7 Å². The van der Waals surface area contributed by atoms with Crippen LogP contribution in [0.2, 0.25) is 0 Å². The number of carbonyl (C=O) groups is 4. The Morgan fingerprint density at radius 3 is 2.42 bits per heavy atom. The molecule has 1 saturated carbocycles. The van der Waals surface area contributed by atoms with Crippen molar-refractivity contribution in [2.24, 2.45) is 18.9 Å². The molecule has 3 atom stereocenters. The Labute approximate surface area is 259 Å². The van der Waals surface area contributed by atoms with Gasteiger partial charge in [0.15, 0.2) is 0 Å². The van der Waals surface area contributed by atoms with E-state index in [1.807, 2.05) is 43.4 Å². The number of aromatic nitrogens is 3. The second kappa shape index (κ2) is 11.5. The maximum absolute atomic E-state index is 14.3. The van der Waals surface area contributed by atoms with Gasteiger partial charge in [-0.3, -0.25) is 24.1 Å². The van der Waals surface area contributed by atoms with Crippen molar-refractivity contribution in [3.63, 3.8) is 0 Å². The van der Waals surface area contributed by atoms with E-state index in [1.165, 1.54) is 4.90 Å². The molecular formula is C34H33N5O6. The summed E-state index contributed by atoms with van der Waals surface area (Å²) in [6, 6.07) is 17.5. The van der Waals surface area contributed by atoms with E-state index >= 15 is 0 Å². The lowest BCUT2D eigenvalue weighted by Crippen LogP contribution is -2.50. The van der Waals surface area contributed by atoms with E-state index in [-0.39, 0.29) is 19.1 Å². The van der Waals surface area contributed by atoms with Gasteiger partial charge in [-0.1, -0.05) is 48.4 Å². The first-order valence-corrected chi connectivity index (χ1v) is 15.3. The molecule has 11 heteroatoms. The van der Waals surface area contributed by atoms with E-state index in [9.17, 15) is 24.3 Å². The lowest BCUT2D eigenvalue weighted by Gasteiger charge is -2.42. The van der Waals surface area contributed by atoms with Gasteiger partial charge in [0, 0.05) is 19.2 Å². The van der Waals surface area contributed by atoms with Crippen molar-refractivity contribution in [1.82, 2.24) is 24.8 Å². The van der Waals surface area contributed by atoms with E-state index in [4.69, 9.17) is 4.74 Å². The topological polar surface area (TPSA) is 135 Å². The first kappa shape index (κ1) is 28.7. The monoisotopic (exact) mass is 607 g/mol. The Bertz CT molecular complexity index is 1810. The molecular weight excluding hydrogens is 574 g/mol. The molecule has 7 rings (SSSR count). The van der Waals surface area contributed by atoms with Crippen LogP contribution >= 0.6 is 0 Å². The van der Waals surface area contributed by atoms with Gasteiger partial charge in [-0.15, -0.1) is 5.10 Å². The number of rotatable bonds is 7. The highest BCUT2D eigenvalue weighted by Gasteiger charge is 2.45. The van der Waals surface area contributed by atoms with Gasteiger partial charge in [-0.05, 0) is 60.7 Å². The zero-order chi connectivity index (χ0) is 31.2. The number of imide groups is 1. The summed E-state index contributed by atoms with van der Waals surface area (Å²) in [5.41, 5.74) is 4.88. The molecule has 3 heterocycles. The highest BCUT2D eigenvalue weighted by molar-refractivity contribution is 6.21. The largest absolute Gasteiger partial charge is 0.489 e. The molecule has 1 aromatic heterocycles. The Hall–Kier alpha value is -5.06. The molecule has 0 unspecified atom stereocenters. The van der Waals surface area contributed by atoms with Crippen molar-refractivity contribution >= 4 is 34.7 Å². The van der Waals surface area contributed by atoms with Crippen molar-refractivity contribution in [2.75, 3.05) is 13.1 Å². The first-order valence-electron chi connectivity index (χ1n) is 15.3. The highest BCUT2D eigenvalue weighted by Crippen LogP contribution is 2.41. The molecule has 3 amide bonds. The number of nitrogens with zero attached hydrogens (tertiary/aromatic N) is 5. The first-order chi connectivity index (χ1) is 21.8. The number of carboxylic acid groups (broad SMARTS) is 1. The second-order valence-corrected chi connectivity index (χ2v) is 12.1. The van der Waals surface area contributed by atoms with E-state index in [0.29, 0.717) is 42.7 Å². The minimum Gasteiger partial charge on any atom is -0.489 e. The average molecular weight is 608 g/mol. The molecule has 1 N–H and O–H groups in total. The minimum atomic E-state index is -0.966. The van der Waals surface area contributed by atoms with Crippen LogP contribution in [0.4, 0.5) is 0 Å². The fraction of sp³-hybridized carbons (Fsp3) is 0.353. The summed E-state index contributed by atoms with van der Waals surface area (Å²) in [4.78, 5) is 56.4. The van der Waals surface area contributed by atoms with Crippen LogP contribution in [0.1, 0.15) is 69.1 Å². The quantitative estimate of drug-likeness (QED) is 0.310. The lowest BCUT2D eigenvalue weighted by atomic mass is 9.77. The van der Waals surface area contributed by atoms with E-state index < -0.39 is 35.7 Å². The van der Waals surface area contributed by atoms with Crippen LogP contribution in [0.25, 0.3) is 11.0 Å². The maximum Gasteiger partial charge on any atom is 0.307 e. The van der Waals surface area contributed by atoms with Crippen molar-refractivity contribution in [3.8, 4) is 5.75 Å². The smallest absolute Gasteiger partial charge is 0.307 e. The van der Waals surface area contributed by atoms with Crippen LogP contribution in [0.5, 0.6) is 5.75 Å². The van der Waals surface area contributed by atoms with Crippen LogP contribution in [0.3, 0.4) is 0 Å². The third kappa shape index (κ3) is 5.01. The van der Waals surface area contributed by atoms with Crippen LogP contribution in [0, 0.1) is 11.8 Å². The Balaban J connectivity index is 1.25. The molecule has 2 aliphatic heterocycles. The molecule has 1 fully saturated rings. The van der Waals surface area contributed by atoms with Crippen molar-refractivity contribution in [3.05, 3.63) is 88.5 Å². The molecule has 0 saturated heterocycles. The van der Waals surface area contributed by atoms with Gasteiger partial charge in [0.1, 0.15) is 17.9 Å². The van der Waals surface area contributed by atoms with Crippen LogP contribution < -0.4 is 4.74 Å². The Morgan fingerprint density at radius 2 is 1.69 bits per heavy atom. The van der Waals surface area contributed by atoms with Gasteiger partial charge < -0.3 is 14.7 Å². The summed E-state index contributed by atoms with van der Waals surface area (Å²) in [6.45, 7) is 0.497. The van der Waals surface area contributed by atoms with Crippen molar-refractivity contribution in [1.29, 1.82) is 0 Å². The van der Waals surface area contributed by atoms with Gasteiger partial charge in [-0.25, -0.2) is 4.68 Å². The van der Waals surface area contributed by atoms with Crippen LogP contribution in [0.15, 0.2) is 60.7 Å². The van der Waals surface area contributed by atoms with E-state index in [1.54, 1.807) is 33.8 Å². The van der Waals surface area contributed by atoms with Gasteiger partial charge in [0.2, 0.25) is 5.91 Å². The predicted octanol–water partition coefficient (Wildman–Crippen LogP) is 4.16. The second-order valence-electron chi connectivity index (χ2n) is 12.1. The number of benzene rings is 3. The molecule has 3 aliphatic rings. The number of hydrogen-bond acceptors (Lipinski definition) is 7. The average Bonchev–Trinajstić information content (AvgIpc) is 3.55. The third-order valence-electron chi connectivity index (χ3n) is 9.47. The zero-order valence-corrected chi connectivity index (χ0v) is 24.9. The van der Waals surface area contributed by atoms with Crippen molar-refractivity contribution < 1.29 is 29.0 Å². The van der Waals surface area contributed by atoms with Gasteiger partial charge >= 0.3 is 5.97 Å². The summed E-state index contributed by atoms with van der Waals surface area (Å²) >= 11 is 0. The normalized spacial score (nSPS) is 21.1. The summed E-state index contributed by atoms with van der Waals surface area (Å²) in [7, 11) is 1.83. The minimum absolute atomic E-state index is 0.0680. The predicted molar refractivity (Wildman–Crippen MR) is 162 cm³/mol. The molecule has 0 spiro atoms. The molecule has 0 bridgehead atoms. The maximum atomic E-state index is 14.3. The van der Waals surface area contributed by atoms with Gasteiger partial charge in [0.25, 0.3) is 11.8 Å². The number of ether oxygens (including phenoxy) is 1. The van der Waals surface area contributed by atoms with E-state index in [0.717, 1.165) is 40.6 Å². The number of carbonyl (C=O) groups excluding carboxylic acids is 3. The molecule has 11 nitrogen and oxygen atoms in total. The fourth-order valence-electron chi connectivity index (χ4n) is 7.17. The number of aliphatic carboxylic acids is 1. The molecule has 1 aliphatic carbocycles. The third-order valence-corrected chi connectivity index (χ3v) is 9.47. The van der Waals surface area contributed by atoms with Gasteiger partial charge in [-0.2, -0.15) is 0 Å². The molecule has 3 aromatic carbocycles.